The predicted octanol–water partition coefficient (Wildman–Crippen LogP) is 1.19. The van der Waals surface area contributed by atoms with E-state index in [1.807, 2.05) is 13.1 Å². The van der Waals surface area contributed by atoms with Gasteiger partial charge in [-0.2, -0.15) is 18.3 Å². The Bertz CT molecular complexity index is 718. The Labute approximate surface area is 146 Å². The zero-order valence-electron chi connectivity index (χ0n) is 13.8. The van der Waals surface area contributed by atoms with E-state index in [0.717, 1.165) is 5.56 Å². The number of aryl methyl sites for hydroxylation is 2. The number of rotatable bonds is 5. The highest BCUT2D eigenvalue weighted by Crippen LogP contribution is 2.67. The van der Waals surface area contributed by atoms with Crippen molar-refractivity contribution in [2.24, 2.45) is 11.3 Å². The third-order valence-corrected chi connectivity index (χ3v) is 4.55. The Hall–Kier alpha value is -2.59. The van der Waals surface area contributed by atoms with Gasteiger partial charge in [-0.3, -0.25) is 14.3 Å². The van der Waals surface area contributed by atoms with Crippen LogP contribution in [0.25, 0.3) is 0 Å². The average Bonchev–Trinajstić information content (AvgIpc) is 2.91. The first-order valence-corrected chi connectivity index (χ1v) is 7.77. The lowest BCUT2D eigenvalue weighted by Gasteiger charge is -2.32. The van der Waals surface area contributed by atoms with E-state index in [0.29, 0.717) is 25.8 Å². The number of carboxylic acids is 2. The number of hydrogen-bond donors (Lipinski definition) is 3. The molecule has 0 aliphatic heterocycles. The summed E-state index contributed by atoms with van der Waals surface area (Å²) in [7, 11) is 0. The highest BCUT2D eigenvalue weighted by atomic mass is 19.4. The number of nitrogens with one attached hydrogen (secondary N) is 1. The second-order valence-corrected chi connectivity index (χ2v) is 6.48. The molecular formula is C15H18F3N3O5. The van der Waals surface area contributed by atoms with Gasteiger partial charge in [0.05, 0.1) is 11.6 Å². The molecule has 2 saturated carbocycles. The molecular weight excluding hydrogens is 359 g/mol. The van der Waals surface area contributed by atoms with Crippen LogP contribution >= 0.6 is 0 Å². The van der Waals surface area contributed by atoms with E-state index in [1.54, 1.807) is 10.9 Å². The first-order valence-electron chi connectivity index (χ1n) is 7.77. The third kappa shape index (κ3) is 4.33. The van der Waals surface area contributed by atoms with Gasteiger partial charge in [-0.15, -0.1) is 0 Å². The fourth-order valence-corrected chi connectivity index (χ4v) is 3.04. The Kier molecular flexibility index (Phi) is 5.28. The van der Waals surface area contributed by atoms with E-state index in [9.17, 15) is 22.8 Å². The molecule has 0 unspecified atom stereocenters. The molecule has 8 nitrogen and oxygen atoms in total. The van der Waals surface area contributed by atoms with Crippen molar-refractivity contribution in [1.82, 2.24) is 15.1 Å². The standard InChI is InChI=1S/C13H17N3O3.C2HF3O2/c1-8-6-14-16(7-8)3-2-11(17)15-10-5-13(12(18)19)4-9(10)13;3-2(4,5)1(6)7/h6-7,9-10H,2-5H2,1H3,(H,15,17)(H,18,19);(H,6,7)/t9-,10+,13-;/m0./s1. The summed E-state index contributed by atoms with van der Waals surface area (Å²) in [5.74, 6) is -3.34. The Morgan fingerprint density at radius 3 is 2.35 bits per heavy atom. The molecule has 3 atom stereocenters. The van der Waals surface area contributed by atoms with E-state index in [-0.39, 0.29) is 17.9 Å². The van der Waals surface area contributed by atoms with E-state index in [2.05, 4.69) is 10.4 Å². The topological polar surface area (TPSA) is 122 Å². The average molecular weight is 377 g/mol. The van der Waals surface area contributed by atoms with Gasteiger partial charge < -0.3 is 15.5 Å². The molecule has 2 aliphatic rings. The summed E-state index contributed by atoms with van der Waals surface area (Å²) in [6.45, 7) is 2.51. The van der Waals surface area contributed by atoms with Crippen molar-refractivity contribution in [1.29, 1.82) is 0 Å². The minimum Gasteiger partial charge on any atom is -0.481 e. The highest BCUT2D eigenvalue weighted by molar-refractivity contribution is 5.83. The molecule has 1 aromatic rings. The summed E-state index contributed by atoms with van der Waals surface area (Å²) in [5.41, 5.74) is 0.570. The molecule has 3 rings (SSSR count). The summed E-state index contributed by atoms with van der Waals surface area (Å²) < 4.78 is 33.5. The van der Waals surface area contributed by atoms with Crippen LogP contribution in [0.2, 0.25) is 0 Å². The number of carbonyl (C=O) groups is 3. The normalized spacial score (nSPS) is 25.8. The second kappa shape index (κ2) is 6.96. The highest BCUT2D eigenvalue weighted by Gasteiger charge is 2.72. The zero-order chi connectivity index (χ0) is 19.7. The van der Waals surface area contributed by atoms with Crippen LogP contribution in [0.1, 0.15) is 24.8 Å². The summed E-state index contributed by atoms with van der Waals surface area (Å²) in [5, 5.41) is 23.2. The lowest BCUT2D eigenvalue weighted by Crippen LogP contribution is -2.48. The molecule has 1 aromatic heterocycles. The monoisotopic (exact) mass is 377 g/mol. The summed E-state index contributed by atoms with van der Waals surface area (Å²) in [4.78, 5) is 31.6. The molecule has 11 heteroatoms. The van der Waals surface area contributed by atoms with Crippen molar-refractivity contribution < 1.29 is 37.8 Å². The van der Waals surface area contributed by atoms with Crippen LogP contribution in [0.15, 0.2) is 12.4 Å². The van der Waals surface area contributed by atoms with Gasteiger partial charge >= 0.3 is 18.1 Å². The number of carbonyl (C=O) groups excluding carboxylic acids is 1. The van der Waals surface area contributed by atoms with Crippen molar-refractivity contribution >= 4 is 17.8 Å². The van der Waals surface area contributed by atoms with Crippen LogP contribution in [0.4, 0.5) is 13.2 Å². The molecule has 1 heterocycles. The number of halogens is 3. The number of fused-ring (bicyclic) bond motifs is 1. The van der Waals surface area contributed by atoms with Crippen molar-refractivity contribution in [3.05, 3.63) is 18.0 Å². The number of alkyl halides is 3. The summed E-state index contributed by atoms with van der Waals surface area (Å²) in [6, 6.07) is 0.0583. The van der Waals surface area contributed by atoms with Gasteiger partial charge in [0.2, 0.25) is 5.91 Å². The third-order valence-electron chi connectivity index (χ3n) is 4.55. The maximum Gasteiger partial charge on any atom is 0.490 e. The number of amides is 1. The molecule has 0 bridgehead atoms. The molecule has 3 N–H and O–H groups in total. The first kappa shape index (κ1) is 19.7. The second-order valence-electron chi connectivity index (χ2n) is 6.48. The van der Waals surface area contributed by atoms with Gasteiger partial charge in [0.15, 0.2) is 0 Å². The number of aliphatic carboxylic acids is 2. The Morgan fingerprint density at radius 2 is 1.96 bits per heavy atom. The van der Waals surface area contributed by atoms with E-state index < -0.39 is 23.5 Å². The van der Waals surface area contributed by atoms with Gasteiger partial charge in [0.1, 0.15) is 0 Å². The van der Waals surface area contributed by atoms with Crippen molar-refractivity contribution in [2.75, 3.05) is 0 Å². The first-order chi connectivity index (χ1) is 12.0. The maximum absolute atomic E-state index is 11.8. The Balaban J connectivity index is 0.000000298. The molecule has 0 radical (unpaired) electrons. The van der Waals surface area contributed by atoms with Gasteiger partial charge in [0, 0.05) is 25.2 Å². The smallest absolute Gasteiger partial charge is 0.481 e. The number of carboxylic acid groups (broad SMARTS) is 2. The number of hydrogen-bond acceptors (Lipinski definition) is 4. The fourth-order valence-electron chi connectivity index (χ4n) is 3.04. The number of aromatic nitrogens is 2. The molecule has 1 amide bonds. The number of nitrogens with zero attached hydrogens (tertiary/aromatic N) is 2. The van der Waals surface area contributed by atoms with Gasteiger partial charge in [-0.1, -0.05) is 0 Å². The summed E-state index contributed by atoms with van der Waals surface area (Å²) >= 11 is 0. The molecule has 0 saturated heterocycles. The predicted molar refractivity (Wildman–Crippen MR) is 80.0 cm³/mol. The van der Waals surface area contributed by atoms with Crippen molar-refractivity contribution in [3.8, 4) is 0 Å². The minimum atomic E-state index is -5.08. The zero-order valence-corrected chi connectivity index (χ0v) is 13.8. The molecule has 0 spiro atoms. The van der Waals surface area contributed by atoms with E-state index >= 15 is 0 Å². The molecule has 26 heavy (non-hydrogen) atoms. The van der Waals surface area contributed by atoms with Crippen LogP contribution in [-0.4, -0.2) is 50.1 Å². The van der Waals surface area contributed by atoms with Gasteiger partial charge in [0.25, 0.3) is 0 Å². The van der Waals surface area contributed by atoms with Gasteiger partial charge in [-0.05, 0) is 31.2 Å². The lowest BCUT2D eigenvalue weighted by molar-refractivity contribution is -0.192. The molecule has 2 fully saturated rings. The lowest BCUT2D eigenvalue weighted by atomic mass is 9.80. The van der Waals surface area contributed by atoms with Crippen LogP contribution in [0.3, 0.4) is 0 Å². The SMILES string of the molecule is Cc1cnn(CCC(=O)N[C@@H]2C[C@@]3(C(=O)O)C[C@@H]23)c1.O=C(O)C(F)(F)F. The van der Waals surface area contributed by atoms with Gasteiger partial charge in [-0.25, -0.2) is 4.79 Å². The van der Waals surface area contributed by atoms with E-state index in [4.69, 9.17) is 15.0 Å². The summed E-state index contributed by atoms with van der Waals surface area (Å²) in [6.07, 6.45) is 0.248. The van der Waals surface area contributed by atoms with E-state index in [1.165, 1.54) is 0 Å². The van der Waals surface area contributed by atoms with Crippen LogP contribution < -0.4 is 5.32 Å². The fraction of sp³-hybridized carbons (Fsp3) is 0.600. The quantitative estimate of drug-likeness (QED) is 0.709. The molecule has 2 aliphatic carbocycles. The van der Waals surface area contributed by atoms with Crippen LogP contribution in [0.5, 0.6) is 0 Å². The molecule has 144 valence electrons. The molecule has 0 aromatic carbocycles. The van der Waals surface area contributed by atoms with Crippen molar-refractivity contribution in [3.63, 3.8) is 0 Å². The minimum absolute atomic E-state index is 0.0240. The van der Waals surface area contributed by atoms with Crippen LogP contribution in [0, 0.1) is 18.3 Å². The van der Waals surface area contributed by atoms with Crippen molar-refractivity contribution in [2.45, 2.75) is 44.9 Å². The Morgan fingerprint density at radius 1 is 1.35 bits per heavy atom. The maximum atomic E-state index is 11.8. The van der Waals surface area contributed by atoms with Crippen LogP contribution in [-0.2, 0) is 20.9 Å². The largest absolute Gasteiger partial charge is 0.490 e.